The van der Waals surface area contributed by atoms with Gasteiger partial charge >= 0.3 is 12.2 Å². The Bertz CT molecular complexity index is 2640. The number of primary amides is 1. The fraction of sp³-hybridized carbons (Fsp3) is 0.692. The number of benzene rings is 2. The van der Waals surface area contributed by atoms with E-state index < -0.39 is 82.3 Å². The lowest BCUT2D eigenvalue weighted by atomic mass is 9.83. The van der Waals surface area contributed by atoms with Gasteiger partial charge in [-0.2, -0.15) is 0 Å². The second-order valence-electron chi connectivity index (χ2n) is 27.3. The van der Waals surface area contributed by atoms with Gasteiger partial charge in [-0.25, -0.2) is 9.59 Å². The fourth-order valence-corrected chi connectivity index (χ4v) is 15.3. The summed E-state index contributed by atoms with van der Waals surface area (Å²) in [6.07, 6.45) is 8.75. The molecule has 0 aromatic heterocycles. The van der Waals surface area contributed by atoms with Crippen LogP contribution in [0.25, 0.3) is 0 Å². The number of amides is 8. The number of fused-ring (bicyclic) bond motifs is 2. The van der Waals surface area contributed by atoms with E-state index in [9.17, 15) is 38.4 Å². The first-order valence-corrected chi connectivity index (χ1v) is 33.3. The van der Waals surface area contributed by atoms with Gasteiger partial charge in [-0.15, -0.1) is 23.5 Å². The molecule has 2 aromatic rings. The van der Waals surface area contributed by atoms with Gasteiger partial charge in [0, 0.05) is 33.7 Å². The first-order valence-electron chi connectivity index (χ1n) is 31.2. The molecule has 5 N–H and O–H groups in total. The van der Waals surface area contributed by atoms with Crippen molar-refractivity contribution in [1.82, 2.24) is 35.6 Å². The average Bonchev–Trinajstić information content (AvgIpc) is 1.69. The Hall–Kier alpha value is -5.58. The van der Waals surface area contributed by atoms with E-state index in [1.165, 1.54) is 23.9 Å². The van der Waals surface area contributed by atoms with Crippen molar-refractivity contribution >= 4 is 71.2 Å². The van der Waals surface area contributed by atoms with Crippen molar-refractivity contribution in [2.45, 2.75) is 211 Å². The van der Waals surface area contributed by atoms with Crippen LogP contribution < -0.4 is 21.7 Å². The van der Waals surface area contributed by atoms with Crippen LogP contribution in [0.15, 0.2) is 60.7 Å². The van der Waals surface area contributed by atoms with Crippen molar-refractivity contribution in [3.8, 4) is 0 Å². The number of unbranched alkanes of at least 4 members (excludes halogenated alkanes) is 7. The summed E-state index contributed by atoms with van der Waals surface area (Å²) >= 11 is 3.23. The lowest BCUT2D eigenvalue weighted by molar-refractivity contribution is -0.144. The summed E-state index contributed by atoms with van der Waals surface area (Å²) in [5.41, 5.74) is 5.05. The monoisotopic (exact) mass is 1250 g/mol. The molecule has 0 spiro atoms. The van der Waals surface area contributed by atoms with Crippen molar-refractivity contribution in [2.75, 3.05) is 58.6 Å². The molecule has 6 rings (SSSR count). The van der Waals surface area contributed by atoms with Gasteiger partial charge in [0.05, 0.1) is 36.0 Å². The molecule has 22 heteroatoms. The van der Waals surface area contributed by atoms with Gasteiger partial charge in [-0.05, 0) is 119 Å². The maximum absolute atomic E-state index is 14.5. The summed E-state index contributed by atoms with van der Waals surface area (Å²) in [7, 11) is 2.96. The summed E-state index contributed by atoms with van der Waals surface area (Å²) in [5, 5.41) is 8.90. The topological polar surface area (TPSA) is 249 Å². The van der Waals surface area contributed by atoms with Crippen LogP contribution >= 0.6 is 23.5 Å². The first-order chi connectivity index (χ1) is 41.0. The standard InChI is InChI=1S/C65H100N8O12S2/c1-62(2,3)84-60(80)70(11)39-50(74)67-46-31-34-86-53-38-65(9,10)55(73(53)59(46)79)58(78)69-48(45-29-23-20-24-30-45)41-83-33-26-18-16-14-13-15-17-25-32-82-40-47(44-27-21-19-22-28-44)68-57(77)54-64(7,8)37-52-72(54)51(75)36-43(42-87-52)35-49(56(66)76)71(12)61(81)85-63(4,5)6/h19-24,27-30,43,46-49,52-55H,13-18,25-26,31-42H2,1-12H3,(H2,66,76)(H,67,74)(H,68,77)(H,69,78)/t43?,46-,47+,48+,49-,52-,53-,54+,55?/m0/s1. The number of ether oxygens (including phenoxy) is 4. The number of hydrogen-bond acceptors (Lipinski definition) is 14. The van der Waals surface area contributed by atoms with Crippen LogP contribution in [0.2, 0.25) is 0 Å². The van der Waals surface area contributed by atoms with Gasteiger partial charge in [0.1, 0.15) is 41.9 Å². The van der Waals surface area contributed by atoms with Crippen LogP contribution in [-0.4, -0.2) is 172 Å². The molecule has 4 fully saturated rings. The maximum atomic E-state index is 14.5. The summed E-state index contributed by atoms with van der Waals surface area (Å²) in [6, 6.07) is 15.2. The number of rotatable bonds is 28. The van der Waals surface area contributed by atoms with E-state index in [0.29, 0.717) is 44.0 Å². The number of nitrogens with two attached hydrogens (primary N) is 1. The van der Waals surface area contributed by atoms with E-state index in [1.807, 2.05) is 88.4 Å². The zero-order valence-corrected chi connectivity index (χ0v) is 55.3. The molecule has 0 radical (unpaired) electrons. The quantitative estimate of drug-likeness (QED) is 0.0581. The van der Waals surface area contributed by atoms with E-state index in [2.05, 4.69) is 16.0 Å². The van der Waals surface area contributed by atoms with Crippen molar-refractivity contribution < 1.29 is 57.3 Å². The molecule has 8 amide bonds. The molecule has 4 aliphatic rings. The van der Waals surface area contributed by atoms with Crippen LogP contribution in [-0.2, 0) is 47.7 Å². The van der Waals surface area contributed by atoms with Crippen LogP contribution in [0.4, 0.5) is 9.59 Å². The Morgan fingerprint density at radius 2 is 1.13 bits per heavy atom. The Kier molecular flexibility index (Phi) is 25.7. The molecule has 9 atom stereocenters. The highest BCUT2D eigenvalue weighted by atomic mass is 32.2. The van der Waals surface area contributed by atoms with Gasteiger partial charge in [0.25, 0.3) is 0 Å². The molecule has 20 nitrogen and oxygen atoms in total. The van der Waals surface area contributed by atoms with Crippen LogP contribution in [0.1, 0.15) is 176 Å². The maximum Gasteiger partial charge on any atom is 0.410 e. The van der Waals surface area contributed by atoms with Crippen molar-refractivity contribution in [3.63, 3.8) is 0 Å². The van der Waals surface area contributed by atoms with E-state index >= 15 is 0 Å². The largest absolute Gasteiger partial charge is 0.444 e. The van der Waals surface area contributed by atoms with Crippen molar-refractivity contribution in [1.29, 1.82) is 0 Å². The number of carbonyl (C=O) groups excluding carboxylic acids is 8. The van der Waals surface area contributed by atoms with E-state index in [4.69, 9.17) is 24.7 Å². The third kappa shape index (κ3) is 20.7. The van der Waals surface area contributed by atoms with Crippen molar-refractivity contribution in [2.24, 2.45) is 22.5 Å². The molecular formula is C65H100N8O12S2. The second-order valence-corrected chi connectivity index (χ2v) is 29.8. The smallest absolute Gasteiger partial charge is 0.410 e. The number of thioether (sulfide) groups is 2. The lowest BCUT2D eigenvalue weighted by Gasteiger charge is -2.35. The molecule has 0 aliphatic carbocycles. The van der Waals surface area contributed by atoms with Gasteiger partial charge < -0.3 is 55.3 Å². The van der Waals surface area contributed by atoms with Gasteiger partial charge in [-0.3, -0.25) is 33.7 Å². The fourth-order valence-electron chi connectivity index (χ4n) is 12.1. The minimum atomic E-state index is -0.964. The third-order valence-corrected chi connectivity index (χ3v) is 19.2. The van der Waals surface area contributed by atoms with Crippen LogP contribution in [0.3, 0.4) is 0 Å². The second kappa shape index (κ2) is 31.7. The van der Waals surface area contributed by atoms with Crippen LogP contribution in [0, 0.1) is 16.7 Å². The number of nitrogens with zero attached hydrogens (tertiary/aromatic N) is 4. The third-order valence-electron chi connectivity index (χ3n) is 16.5. The van der Waals surface area contributed by atoms with Crippen LogP contribution in [0.5, 0.6) is 0 Å². The summed E-state index contributed by atoms with van der Waals surface area (Å²) in [5.74, 6) is -1.23. The minimum absolute atomic E-state index is 0.109. The van der Waals surface area contributed by atoms with Gasteiger partial charge in [-0.1, -0.05) is 127 Å². The molecule has 2 unspecified atom stereocenters. The highest BCUT2D eigenvalue weighted by Crippen LogP contribution is 2.49. The molecule has 2 aromatic carbocycles. The predicted molar refractivity (Wildman–Crippen MR) is 339 cm³/mol. The molecule has 4 saturated heterocycles. The Morgan fingerprint density at radius 3 is 1.61 bits per heavy atom. The van der Waals surface area contributed by atoms with Gasteiger partial charge in [0.2, 0.25) is 35.4 Å². The van der Waals surface area contributed by atoms with Gasteiger partial charge in [0.15, 0.2) is 0 Å². The minimum Gasteiger partial charge on any atom is -0.444 e. The molecule has 484 valence electrons. The first kappa shape index (κ1) is 70.5. The Balaban J connectivity index is 0.907. The Labute approximate surface area is 525 Å². The lowest BCUT2D eigenvalue weighted by Crippen LogP contribution is -2.57. The molecule has 4 heterocycles. The number of likely N-dealkylation sites (N-methyl/N-ethyl adjacent to an activating group) is 2. The predicted octanol–water partition coefficient (Wildman–Crippen LogP) is 9.11. The summed E-state index contributed by atoms with van der Waals surface area (Å²) < 4.78 is 23.4. The highest BCUT2D eigenvalue weighted by Gasteiger charge is 2.56. The normalized spacial score (nSPS) is 22.8. The average molecular weight is 1250 g/mol. The summed E-state index contributed by atoms with van der Waals surface area (Å²) in [6.45, 7) is 19.9. The SMILES string of the molecule is CN(CC(=O)N[C@H]1CCS[C@H]2CC(C)(C)C(C(=O)N[C@H](COCCCCCCCCCCOC[C@@H](NC(=O)[C@H]3N4C(=O)CC(C[C@@H](C(N)=O)N(C)C(=O)OC(C)(C)C)CS[C@H]4CC3(C)C)c3ccccc3)c3ccccc3)N2C1=O)C(=O)OC(C)(C)C. The molecule has 87 heavy (non-hydrogen) atoms. The zero-order valence-electron chi connectivity index (χ0n) is 53.7. The molecule has 0 bridgehead atoms. The van der Waals surface area contributed by atoms with Crippen molar-refractivity contribution in [3.05, 3.63) is 71.8 Å². The van der Waals surface area contributed by atoms with E-state index in [-0.39, 0.29) is 72.9 Å². The van der Waals surface area contributed by atoms with E-state index in [0.717, 1.165) is 62.5 Å². The zero-order chi connectivity index (χ0) is 63.9. The molecule has 4 aliphatic heterocycles. The summed E-state index contributed by atoms with van der Waals surface area (Å²) in [4.78, 5) is 115. The number of carbonyl (C=O) groups is 8. The molecule has 0 saturated carbocycles. The number of nitrogens with one attached hydrogen (secondary N) is 3. The number of hydrogen-bond donors (Lipinski definition) is 4. The molecular weight excluding hydrogens is 1150 g/mol. The Morgan fingerprint density at radius 1 is 0.667 bits per heavy atom. The van der Waals surface area contributed by atoms with E-state index in [1.54, 1.807) is 74.9 Å². The highest BCUT2D eigenvalue weighted by molar-refractivity contribution is 8.00.